The standard InChI is InChI=1S/C22H38N4O2/c1-5-27-14-15-28-21-16-18(2)10-11-19(21)17-25-22(23-3)24-12-13-26(4)20-8-6-7-9-20/h10-11,16,20H,5-9,12-15,17H2,1-4H3,(H2,23,24,25). The number of guanidine groups is 1. The van der Waals surface area contributed by atoms with Gasteiger partial charge in [0.05, 0.1) is 6.61 Å². The summed E-state index contributed by atoms with van der Waals surface area (Å²) >= 11 is 0. The van der Waals surface area contributed by atoms with Crippen LogP contribution >= 0.6 is 0 Å². The average Bonchev–Trinajstić information content (AvgIpc) is 3.24. The van der Waals surface area contributed by atoms with Crippen molar-refractivity contribution < 1.29 is 9.47 Å². The number of hydrogen-bond acceptors (Lipinski definition) is 4. The van der Waals surface area contributed by atoms with Gasteiger partial charge < -0.3 is 25.0 Å². The van der Waals surface area contributed by atoms with Crippen molar-refractivity contribution in [2.75, 3.05) is 47.0 Å². The third-order valence-electron chi connectivity index (χ3n) is 5.29. The topological polar surface area (TPSA) is 58.1 Å². The van der Waals surface area contributed by atoms with Crippen LogP contribution in [0.2, 0.25) is 0 Å². The van der Waals surface area contributed by atoms with Crippen LogP contribution in [0.15, 0.2) is 23.2 Å². The monoisotopic (exact) mass is 390 g/mol. The highest BCUT2D eigenvalue weighted by molar-refractivity contribution is 5.79. The molecule has 0 aliphatic heterocycles. The fraction of sp³-hybridized carbons (Fsp3) is 0.682. The molecule has 1 fully saturated rings. The summed E-state index contributed by atoms with van der Waals surface area (Å²) in [4.78, 5) is 6.82. The molecule has 0 amide bonds. The second kappa shape index (κ2) is 12.6. The first-order chi connectivity index (χ1) is 13.6. The van der Waals surface area contributed by atoms with E-state index in [2.05, 4.69) is 52.7 Å². The van der Waals surface area contributed by atoms with E-state index < -0.39 is 0 Å². The Hall–Kier alpha value is -1.79. The van der Waals surface area contributed by atoms with Gasteiger partial charge in [0.2, 0.25) is 0 Å². The Balaban J connectivity index is 1.78. The highest BCUT2D eigenvalue weighted by Gasteiger charge is 2.18. The molecule has 1 aliphatic carbocycles. The summed E-state index contributed by atoms with van der Waals surface area (Å²) in [6, 6.07) is 7.05. The van der Waals surface area contributed by atoms with E-state index >= 15 is 0 Å². The number of nitrogens with one attached hydrogen (secondary N) is 2. The van der Waals surface area contributed by atoms with Crippen LogP contribution in [0.1, 0.15) is 43.7 Å². The zero-order valence-corrected chi connectivity index (χ0v) is 18.1. The number of aryl methyl sites for hydroxylation is 1. The van der Waals surface area contributed by atoms with Gasteiger partial charge in [0, 0.05) is 44.9 Å². The molecule has 0 saturated heterocycles. The van der Waals surface area contributed by atoms with Crippen molar-refractivity contribution in [2.24, 2.45) is 4.99 Å². The van der Waals surface area contributed by atoms with Crippen LogP contribution in [-0.4, -0.2) is 63.9 Å². The van der Waals surface area contributed by atoms with E-state index in [4.69, 9.17) is 9.47 Å². The zero-order chi connectivity index (χ0) is 20.2. The largest absolute Gasteiger partial charge is 0.491 e. The molecule has 0 radical (unpaired) electrons. The van der Waals surface area contributed by atoms with Crippen molar-refractivity contribution >= 4 is 5.96 Å². The van der Waals surface area contributed by atoms with Gasteiger partial charge in [-0.25, -0.2) is 0 Å². The number of rotatable bonds is 11. The maximum absolute atomic E-state index is 5.92. The molecule has 0 aromatic heterocycles. The van der Waals surface area contributed by atoms with Crippen molar-refractivity contribution in [3.8, 4) is 5.75 Å². The Bertz CT molecular complexity index is 600. The lowest BCUT2D eigenvalue weighted by molar-refractivity contribution is 0.110. The van der Waals surface area contributed by atoms with E-state index in [-0.39, 0.29) is 0 Å². The smallest absolute Gasteiger partial charge is 0.191 e. The predicted octanol–water partition coefficient (Wildman–Crippen LogP) is 2.95. The van der Waals surface area contributed by atoms with Crippen LogP contribution in [0.4, 0.5) is 0 Å². The SMILES string of the molecule is CCOCCOc1cc(C)ccc1CNC(=NC)NCCN(C)C1CCCC1. The van der Waals surface area contributed by atoms with Gasteiger partial charge in [-0.3, -0.25) is 4.99 Å². The van der Waals surface area contributed by atoms with Crippen LogP contribution < -0.4 is 15.4 Å². The van der Waals surface area contributed by atoms with E-state index in [0.29, 0.717) is 26.4 Å². The highest BCUT2D eigenvalue weighted by Crippen LogP contribution is 2.22. The lowest BCUT2D eigenvalue weighted by Gasteiger charge is -2.24. The summed E-state index contributed by atoms with van der Waals surface area (Å²) < 4.78 is 11.3. The molecule has 1 aromatic carbocycles. The summed E-state index contributed by atoms with van der Waals surface area (Å²) in [7, 11) is 4.04. The van der Waals surface area contributed by atoms with Crippen LogP contribution in [0.5, 0.6) is 5.75 Å². The molecule has 6 nitrogen and oxygen atoms in total. The first kappa shape index (κ1) is 22.5. The Labute approximate surface area is 170 Å². The van der Waals surface area contributed by atoms with E-state index in [0.717, 1.165) is 36.4 Å². The van der Waals surface area contributed by atoms with E-state index in [1.807, 2.05) is 14.0 Å². The van der Waals surface area contributed by atoms with E-state index in [1.54, 1.807) is 0 Å². The Morgan fingerprint density at radius 3 is 2.71 bits per heavy atom. The lowest BCUT2D eigenvalue weighted by atomic mass is 10.1. The van der Waals surface area contributed by atoms with Gasteiger partial charge in [0.15, 0.2) is 5.96 Å². The number of benzene rings is 1. The second-order valence-corrected chi connectivity index (χ2v) is 7.43. The summed E-state index contributed by atoms with van der Waals surface area (Å²) in [5, 5.41) is 6.82. The number of ether oxygens (including phenoxy) is 2. The molecule has 158 valence electrons. The number of nitrogens with zero attached hydrogens (tertiary/aromatic N) is 2. The van der Waals surface area contributed by atoms with E-state index in [1.165, 1.54) is 31.2 Å². The van der Waals surface area contributed by atoms with Crippen molar-refractivity contribution in [1.82, 2.24) is 15.5 Å². The Kier molecular flexibility index (Phi) is 10.1. The van der Waals surface area contributed by atoms with Crippen molar-refractivity contribution in [1.29, 1.82) is 0 Å². The normalized spacial score (nSPS) is 15.2. The number of likely N-dealkylation sites (N-methyl/N-ethyl adjacent to an activating group) is 1. The molecule has 6 heteroatoms. The first-order valence-corrected chi connectivity index (χ1v) is 10.6. The van der Waals surface area contributed by atoms with Crippen LogP contribution in [0.25, 0.3) is 0 Å². The molecule has 0 unspecified atom stereocenters. The molecule has 1 aromatic rings. The third kappa shape index (κ3) is 7.68. The molecule has 0 spiro atoms. The first-order valence-electron chi connectivity index (χ1n) is 10.6. The predicted molar refractivity (Wildman–Crippen MR) is 116 cm³/mol. The molecule has 2 rings (SSSR count). The Morgan fingerprint density at radius 2 is 2.00 bits per heavy atom. The summed E-state index contributed by atoms with van der Waals surface area (Å²) in [5.74, 6) is 1.73. The molecule has 0 heterocycles. The number of aliphatic imine (C=N–C) groups is 1. The highest BCUT2D eigenvalue weighted by atomic mass is 16.5. The minimum atomic E-state index is 0.560. The zero-order valence-electron chi connectivity index (χ0n) is 18.1. The molecule has 28 heavy (non-hydrogen) atoms. The lowest BCUT2D eigenvalue weighted by Crippen LogP contribution is -2.42. The van der Waals surface area contributed by atoms with Gasteiger partial charge in [0.1, 0.15) is 12.4 Å². The van der Waals surface area contributed by atoms with Crippen LogP contribution in [0.3, 0.4) is 0 Å². The van der Waals surface area contributed by atoms with Gasteiger partial charge in [-0.1, -0.05) is 25.0 Å². The molecule has 2 N–H and O–H groups in total. The molecule has 0 atom stereocenters. The molecule has 1 aliphatic rings. The van der Waals surface area contributed by atoms with Crippen LogP contribution in [0, 0.1) is 6.92 Å². The fourth-order valence-electron chi connectivity index (χ4n) is 3.57. The maximum atomic E-state index is 5.92. The summed E-state index contributed by atoms with van der Waals surface area (Å²) in [5.41, 5.74) is 2.31. The van der Waals surface area contributed by atoms with Gasteiger partial charge in [-0.15, -0.1) is 0 Å². The minimum absolute atomic E-state index is 0.560. The quantitative estimate of drug-likeness (QED) is 0.346. The Morgan fingerprint density at radius 1 is 1.21 bits per heavy atom. The second-order valence-electron chi connectivity index (χ2n) is 7.43. The fourth-order valence-corrected chi connectivity index (χ4v) is 3.57. The van der Waals surface area contributed by atoms with Crippen molar-refractivity contribution in [3.05, 3.63) is 29.3 Å². The molecular weight excluding hydrogens is 352 g/mol. The van der Waals surface area contributed by atoms with Gasteiger partial charge in [-0.05, 0) is 45.4 Å². The van der Waals surface area contributed by atoms with Crippen molar-refractivity contribution in [3.63, 3.8) is 0 Å². The van der Waals surface area contributed by atoms with Gasteiger partial charge in [0.25, 0.3) is 0 Å². The maximum Gasteiger partial charge on any atom is 0.191 e. The van der Waals surface area contributed by atoms with Crippen LogP contribution in [-0.2, 0) is 11.3 Å². The minimum Gasteiger partial charge on any atom is -0.491 e. The summed E-state index contributed by atoms with van der Waals surface area (Å²) in [6.07, 6.45) is 5.42. The van der Waals surface area contributed by atoms with Gasteiger partial charge in [-0.2, -0.15) is 0 Å². The molecule has 0 bridgehead atoms. The molecular formula is C22H38N4O2. The average molecular weight is 391 g/mol. The third-order valence-corrected chi connectivity index (χ3v) is 5.29. The summed E-state index contributed by atoms with van der Waals surface area (Å²) in [6.45, 7) is 8.53. The van der Waals surface area contributed by atoms with E-state index in [9.17, 15) is 0 Å². The van der Waals surface area contributed by atoms with Gasteiger partial charge >= 0.3 is 0 Å². The molecule has 1 saturated carbocycles. The number of hydrogen-bond donors (Lipinski definition) is 2. The van der Waals surface area contributed by atoms with Crippen molar-refractivity contribution in [2.45, 2.75) is 52.1 Å².